The molecule has 0 spiro atoms. The van der Waals surface area contributed by atoms with Crippen molar-refractivity contribution < 1.29 is 9.53 Å². The first-order valence-corrected chi connectivity index (χ1v) is 14.5. The summed E-state index contributed by atoms with van der Waals surface area (Å²) in [6.45, 7) is 11.3. The molecular weight excluding hydrogens is 432 g/mol. The molecule has 2 nitrogen and oxygen atoms in total. The summed E-state index contributed by atoms with van der Waals surface area (Å²) in [6.07, 6.45) is 0.740. The number of rotatable bonds is 7. The van der Waals surface area contributed by atoms with Crippen LogP contribution in [0.25, 0.3) is 11.1 Å². The molecule has 1 N–H and O–H groups in total. The van der Waals surface area contributed by atoms with E-state index in [0.717, 1.165) is 34.4 Å². The summed E-state index contributed by atoms with van der Waals surface area (Å²) in [6, 6.07) is 26.1. The van der Waals surface area contributed by atoms with Crippen molar-refractivity contribution in [1.82, 2.24) is 0 Å². The molecule has 32 heavy (non-hydrogen) atoms. The van der Waals surface area contributed by atoms with E-state index < -0.39 is 8.32 Å². The monoisotopic (exact) mass is 464 g/mol. The minimum absolute atomic E-state index is 0.142. The standard InChI is InChI=1S/C28H33ClO2Si/c1-28(2,3)32(4,5)31-25-17-13-23(14-18-25)27(22-11-15-24(30)16-12-22)26(19-20-29)21-9-7-6-8-10-21/h6-18,30H,19-20H2,1-5H3. The van der Waals surface area contributed by atoms with E-state index in [1.165, 1.54) is 5.57 Å². The second-order valence-electron chi connectivity index (χ2n) is 9.59. The van der Waals surface area contributed by atoms with Crippen LogP contribution in [0, 0.1) is 0 Å². The first-order valence-electron chi connectivity index (χ1n) is 11.1. The summed E-state index contributed by atoms with van der Waals surface area (Å²) in [5, 5.41) is 9.97. The highest BCUT2D eigenvalue weighted by Gasteiger charge is 2.38. The van der Waals surface area contributed by atoms with Crippen molar-refractivity contribution >= 4 is 31.1 Å². The largest absolute Gasteiger partial charge is 0.544 e. The molecule has 0 saturated carbocycles. The molecule has 0 radical (unpaired) electrons. The van der Waals surface area contributed by atoms with E-state index in [2.05, 4.69) is 70.3 Å². The molecule has 0 aliphatic heterocycles. The molecule has 0 aromatic heterocycles. The molecule has 0 aliphatic rings. The summed E-state index contributed by atoms with van der Waals surface area (Å²) in [7, 11) is -1.90. The molecule has 4 heteroatoms. The van der Waals surface area contributed by atoms with Crippen LogP contribution >= 0.6 is 11.6 Å². The van der Waals surface area contributed by atoms with Gasteiger partial charge in [0.15, 0.2) is 0 Å². The van der Waals surface area contributed by atoms with Gasteiger partial charge in [0.25, 0.3) is 0 Å². The molecule has 0 heterocycles. The summed E-state index contributed by atoms with van der Waals surface area (Å²) in [5.74, 6) is 1.69. The second kappa shape index (κ2) is 9.97. The predicted octanol–water partition coefficient (Wildman–Crippen LogP) is 8.36. The van der Waals surface area contributed by atoms with Gasteiger partial charge in [0.05, 0.1) is 0 Å². The third-order valence-corrected chi connectivity index (χ3v) is 10.8. The van der Waals surface area contributed by atoms with Gasteiger partial charge in [-0.15, -0.1) is 11.6 Å². The van der Waals surface area contributed by atoms with Gasteiger partial charge in [-0.25, -0.2) is 0 Å². The number of hydrogen-bond acceptors (Lipinski definition) is 2. The molecule has 3 aromatic carbocycles. The Morgan fingerprint density at radius 2 is 1.34 bits per heavy atom. The van der Waals surface area contributed by atoms with Crippen molar-refractivity contribution in [3.8, 4) is 11.5 Å². The van der Waals surface area contributed by atoms with Gasteiger partial charge in [-0.05, 0) is 76.7 Å². The molecule has 3 rings (SSSR count). The lowest BCUT2D eigenvalue weighted by Gasteiger charge is -2.36. The molecule has 0 amide bonds. The van der Waals surface area contributed by atoms with Crippen LogP contribution in [0.3, 0.4) is 0 Å². The molecule has 3 aromatic rings. The van der Waals surface area contributed by atoms with Gasteiger partial charge in [0, 0.05) is 5.88 Å². The highest BCUT2D eigenvalue weighted by molar-refractivity contribution is 6.74. The molecule has 0 bridgehead atoms. The van der Waals surface area contributed by atoms with Gasteiger partial charge in [0.2, 0.25) is 8.32 Å². The van der Waals surface area contributed by atoms with Crippen LogP contribution in [-0.4, -0.2) is 19.3 Å². The average Bonchev–Trinajstić information content (AvgIpc) is 2.75. The average molecular weight is 465 g/mol. The first-order chi connectivity index (χ1) is 15.1. The van der Waals surface area contributed by atoms with E-state index in [9.17, 15) is 5.11 Å². The number of hydrogen-bond donors (Lipinski definition) is 1. The molecule has 0 atom stereocenters. The molecule has 0 fully saturated rings. The highest BCUT2D eigenvalue weighted by Crippen LogP contribution is 2.39. The zero-order valence-corrected chi connectivity index (χ0v) is 21.4. The van der Waals surface area contributed by atoms with Crippen molar-refractivity contribution in [2.45, 2.75) is 45.3 Å². The zero-order chi connectivity index (χ0) is 23.4. The van der Waals surface area contributed by atoms with Crippen LogP contribution in [-0.2, 0) is 0 Å². The fourth-order valence-corrected chi connectivity index (χ4v) is 4.65. The maximum absolute atomic E-state index is 9.83. The summed E-state index contributed by atoms with van der Waals surface area (Å²) >= 11 is 6.24. The normalized spacial score (nSPS) is 12.9. The Bertz CT molecular complexity index is 1050. The van der Waals surface area contributed by atoms with E-state index in [4.69, 9.17) is 16.0 Å². The third-order valence-electron chi connectivity index (χ3n) is 6.25. The number of halogens is 1. The van der Waals surface area contributed by atoms with E-state index >= 15 is 0 Å². The molecule has 0 unspecified atom stereocenters. The SMILES string of the molecule is CC(C)(C)[Si](C)(C)Oc1ccc(C(=C(CCCl)c2ccccc2)c2ccc(O)cc2)cc1. The Kier molecular flexibility index (Phi) is 7.53. The Labute approximate surface area is 198 Å². The maximum atomic E-state index is 9.83. The second-order valence-corrected chi connectivity index (χ2v) is 14.7. The lowest BCUT2D eigenvalue weighted by molar-refractivity contribution is 0.475. The van der Waals surface area contributed by atoms with Gasteiger partial charge in [0.1, 0.15) is 11.5 Å². The van der Waals surface area contributed by atoms with Gasteiger partial charge in [-0.3, -0.25) is 0 Å². The number of alkyl halides is 1. The summed E-state index contributed by atoms with van der Waals surface area (Å²) in [4.78, 5) is 0. The van der Waals surface area contributed by atoms with Gasteiger partial charge in [-0.2, -0.15) is 0 Å². The fraction of sp³-hybridized carbons (Fsp3) is 0.286. The van der Waals surface area contributed by atoms with Crippen LogP contribution in [0.5, 0.6) is 11.5 Å². The zero-order valence-electron chi connectivity index (χ0n) is 19.7. The third kappa shape index (κ3) is 5.65. The lowest BCUT2D eigenvalue weighted by atomic mass is 9.88. The van der Waals surface area contributed by atoms with Gasteiger partial charge < -0.3 is 9.53 Å². The van der Waals surface area contributed by atoms with Crippen LogP contribution < -0.4 is 4.43 Å². The summed E-state index contributed by atoms with van der Waals surface area (Å²) < 4.78 is 6.48. The Morgan fingerprint density at radius 3 is 1.84 bits per heavy atom. The molecular formula is C28H33ClO2Si. The van der Waals surface area contributed by atoms with Crippen molar-refractivity contribution in [3.63, 3.8) is 0 Å². The highest BCUT2D eigenvalue weighted by atomic mass is 35.5. The number of benzene rings is 3. The number of phenolic OH excluding ortho intramolecular Hbond substituents is 1. The summed E-state index contributed by atoms with van der Waals surface area (Å²) in [5.41, 5.74) is 5.60. The Morgan fingerprint density at radius 1 is 0.812 bits per heavy atom. The lowest BCUT2D eigenvalue weighted by Crippen LogP contribution is -2.43. The molecule has 168 valence electrons. The van der Waals surface area contributed by atoms with E-state index in [-0.39, 0.29) is 10.8 Å². The van der Waals surface area contributed by atoms with Crippen molar-refractivity contribution in [3.05, 3.63) is 95.6 Å². The number of allylic oxidation sites excluding steroid dienone is 1. The van der Waals surface area contributed by atoms with Crippen LogP contribution in [0.1, 0.15) is 43.9 Å². The van der Waals surface area contributed by atoms with E-state index in [1.54, 1.807) is 12.1 Å². The van der Waals surface area contributed by atoms with E-state index in [1.807, 2.05) is 30.3 Å². The Hall–Kier alpha value is -2.49. The first kappa shape index (κ1) is 24.2. The molecule has 0 aliphatic carbocycles. The smallest absolute Gasteiger partial charge is 0.250 e. The van der Waals surface area contributed by atoms with Crippen molar-refractivity contribution in [2.24, 2.45) is 0 Å². The van der Waals surface area contributed by atoms with Crippen molar-refractivity contribution in [2.75, 3.05) is 5.88 Å². The van der Waals surface area contributed by atoms with Crippen LogP contribution in [0.2, 0.25) is 18.1 Å². The number of aromatic hydroxyl groups is 1. The fourth-order valence-electron chi connectivity index (χ4n) is 3.43. The van der Waals surface area contributed by atoms with Crippen LogP contribution in [0.15, 0.2) is 78.9 Å². The maximum Gasteiger partial charge on any atom is 0.250 e. The van der Waals surface area contributed by atoms with Gasteiger partial charge >= 0.3 is 0 Å². The predicted molar refractivity (Wildman–Crippen MR) is 140 cm³/mol. The topological polar surface area (TPSA) is 29.5 Å². The number of phenols is 1. The Balaban J connectivity index is 2.11. The van der Waals surface area contributed by atoms with Crippen LogP contribution in [0.4, 0.5) is 0 Å². The minimum atomic E-state index is -1.90. The quantitative estimate of drug-likeness (QED) is 0.216. The molecule has 0 saturated heterocycles. The van der Waals surface area contributed by atoms with E-state index in [0.29, 0.717) is 5.88 Å². The minimum Gasteiger partial charge on any atom is -0.544 e. The van der Waals surface area contributed by atoms with Crippen molar-refractivity contribution in [1.29, 1.82) is 0 Å². The van der Waals surface area contributed by atoms with Gasteiger partial charge in [-0.1, -0.05) is 75.4 Å².